The number of nitrogens with one attached hydrogen (secondary N) is 1. The van der Waals surface area contributed by atoms with Crippen molar-refractivity contribution in [2.75, 3.05) is 58.9 Å². The number of imide groups is 1. The minimum Gasteiger partial charge on any atom is -0.372 e. The largest absolute Gasteiger partial charge is 0.417 e. The number of urea groups is 1. The van der Waals surface area contributed by atoms with E-state index in [4.69, 9.17) is 17.3 Å². The number of fused-ring (bicyclic) bond motifs is 1. The Bertz CT molecular complexity index is 2290. The number of rotatable bonds is 7. The summed E-state index contributed by atoms with van der Waals surface area (Å²) in [5, 5.41) is 17.4. The van der Waals surface area contributed by atoms with Gasteiger partial charge in [0.05, 0.1) is 46.3 Å². The second kappa shape index (κ2) is 14.8. The number of nitriles is 1. The molecule has 5 heterocycles. The van der Waals surface area contributed by atoms with Crippen LogP contribution in [-0.4, -0.2) is 82.4 Å². The first-order chi connectivity index (χ1) is 27.2. The highest BCUT2D eigenvalue weighted by atomic mass is 32.1. The Labute approximate surface area is 333 Å². The summed E-state index contributed by atoms with van der Waals surface area (Å²) in [5.74, 6) is -0.144. The first-order valence-electron chi connectivity index (χ1n) is 19.2. The number of thiocarbonyl (C=S) groups is 1. The zero-order valence-electron chi connectivity index (χ0n) is 31.6. The topological polar surface area (TPSA) is 121 Å². The third kappa shape index (κ3) is 7.07. The predicted octanol–water partition coefficient (Wildman–Crippen LogP) is 6.84. The Morgan fingerprint density at radius 3 is 2.26 bits per heavy atom. The maximum Gasteiger partial charge on any atom is 0.417 e. The summed E-state index contributed by atoms with van der Waals surface area (Å²) in [7, 11) is 0. The van der Waals surface area contributed by atoms with E-state index in [1.807, 2.05) is 48.7 Å². The molecule has 16 heteroatoms. The summed E-state index contributed by atoms with van der Waals surface area (Å²) < 4.78 is 43.4. The van der Waals surface area contributed by atoms with Crippen LogP contribution in [0.5, 0.6) is 0 Å². The van der Waals surface area contributed by atoms with Crippen molar-refractivity contribution in [3.63, 3.8) is 0 Å². The lowest BCUT2D eigenvalue weighted by Gasteiger charge is -2.38. The molecule has 0 radical (unpaired) electrons. The number of carbonyl (C=O) groups excluding carboxylic acids is 3. The maximum atomic E-state index is 13.8. The smallest absolute Gasteiger partial charge is 0.372 e. The van der Waals surface area contributed by atoms with E-state index in [-0.39, 0.29) is 29.2 Å². The van der Waals surface area contributed by atoms with Crippen LogP contribution in [-0.2, 0) is 15.8 Å². The molecular formula is C41H42F3N9O3S. The third-order valence-corrected chi connectivity index (χ3v) is 12.2. The molecule has 0 atom stereocenters. The van der Waals surface area contributed by atoms with E-state index in [0.29, 0.717) is 18.2 Å². The number of hydrogen-bond acceptors (Lipinski definition) is 8. The van der Waals surface area contributed by atoms with Gasteiger partial charge in [-0.3, -0.25) is 29.4 Å². The lowest BCUT2D eigenvalue weighted by molar-refractivity contribution is -0.137. The van der Waals surface area contributed by atoms with E-state index in [1.54, 1.807) is 29.7 Å². The summed E-state index contributed by atoms with van der Waals surface area (Å²) in [4.78, 5) is 47.2. The lowest BCUT2D eigenvalue weighted by Crippen LogP contribution is -2.49. The average molecular weight is 798 g/mol. The fourth-order valence-corrected chi connectivity index (χ4v) is 9.25. The summed E-state index contributed by atoms with van der Waals surface area (Å²) in [5.41, 5.74) is 0.619. The second-order valence-electron chi connectivity index (χ2n) is 15.7. The van der Waals surface area contributed by atoms with Crippen LogP contribution in [0.2, 0.25) is 0 Å². The molecular weight excluding hydrogens is 756 g/mol. The average Bonchev–Trinajstić information content (AvgIpc) is 3.70. The van der Waals surface area contributed by atoms with Gasteiger partial charge in [-0.1, -0.05) is 6.07 Å². The number of hydrogen-bond donors (Lipinski definition) is 1. The quantitative estimate of drug-likeness (QED) is 0.201. The number of likely N-dealkylation sites (tertiary alicyclic amines) is 1. The van der Waals surface area contributed by atoms with Gasteiger partial charge in [0.25, 0.3) is 5.91 Å². The Kier molecular flexibility index (Phi) is 9.93. The number of carbonyl (C=O) groups is 3. The molecule has 1 N–H and O–H groups in total. The van der Waals surface area contributed by atoms with Crippen LogP contribution >= 0.6 is 12.2 Å². The first-order valence-corrected chi connectivity index (χ1v) is 19.6. The molecule has 0 bridgehead atoms. The summed E-state index contributed by atoms with van der Waals surface area (Å²) in [6.07, 6.45) is 1.40. The highest BCUT2D eigenvalue weighted by molar-refractivity contribution is 7.81. The molecule has 296 valence electrons. The standard InChI is InChI=1S/C41H42F3N9O3S/c1-40(2)37(55)51(31-7-6-27(23-45)33(22-31)41(42,43)44)39(57)52(40)29-10-8-28(9-11-29)49-19-12-26(13-20-49)25-48-17-14-30(15-18-48)53-35-5-3-4-34(32(35)24-46-53)50-21-16-36(54)47-38(50)56/h3-11,22,24,26,30H,12-21,25H2,1-2H3,(H,47,54,56). The van der Waals surface area contributed by atoms with E-state index >= 15 is 0 Å². The third-order valence-electron chi connectivity index (χ3n) is 11.8. The fourth-order valence-electron chi connectivity index (χ4n) is 8.73. The molecule has 4 aromatic rings. The molecule has 0 saturated carbocycles. The molecule has 0 aliphatic carbocycles. The van der Waals surface area contributed by atoms with Gasteiger partial charge in [0.1, 0.15) is 5.54 Å². The Hall–Kier alpha value is -5.53. The Balaban J connectivity index is 0.857. The van der Waals surface area contributed by atoms with Crippen molar-refractivity contribution in [3.8, 4) is 6.07 Å². The van der Waals surface area contributed by atoms with Crippen molar-refractivity contribution in [1.29, 1.82) is 5.26 Å². The SMILES string of the molecule is CC1(C)C(=O)N(c2ccc(C#N)c(C(F)(F)F)c2)C(=S)N1c1ccc(N2CCC(CN3CCC(n4ncc5c(N6CCC(=O)NC6=O)cccc54)CC3)CC2)cc1. The van der Waals surface area contributed by atoms with Crippen molar-refractivity contribution in [2.24, 2.45) is 5.92 Å². The van der Waals surface area contributed by atoms with Gasteiger partial charge in [0.2, 0.25) is 5.91 Å². The van der Waals surface area contributed by atoms with Crippen molar-refractivity contribution < 1.29 is 27.6 Å². The maximum absolute atomic E-state index is 13.8. The zero-order chi connectivity index (χ0) is 40.2. The predicted molar refractivity (Wildman–Crippen MR) is 214 cm³/mol. The van der Waals surface area contributed by atoms with Crippen molar-refractivity contribution >= 4 is 68.8 Å². The van der Waals surface area contributed by atoms with Crippen LogP contribution in [0.4, 0.5) is 40.7 Å². The van der Waals surface area contributed by atoms with E-state index in [9.17, 15) is 32.8 Å². The molecule has 8 rings (SSSR count). The molecule has 4 aliphatic heterocycles. The molecule has 4 amide bonds. The number of benzene rings is 3. The number of aromatic nitrogens is 2. The molecule has 57 heavy (non-hydrogen) atoms. The number of anilines is 4. The van der Waals surface area contributed by atoms with Gasteiger partial charge >= 0.3 is 12.2 Å². The van der Waals surface area contributed by atoms with Crippen LogP contribution in [0, 0.1) is 17.2 Å². The number of halogens is 3. The van der Waals surface area contributed by atoms with Crippen molar-refractivity contribution in [2.45, 2.75) is 63.7 Å². The van der Waals surface area contributed by atoms with Crippen LogP contribution in [0.25, 0.3) is 10.9 Å². The van der Waals surface area contributed by atoms with Gasteiger partial charge in [-0.05, 0) is 112 Å². The van der Waals surface area contributed by atoms with Crippen molar-refractivity contribution in [1.82, 2.24) is 20.0 Å². The highest BCUT2D eigenvalue weighted by Gasteiger charge is 2.51. The zero-order valence-corrected chi connectivity index (χ0v) is 32.4. The Morgan fingerprint density at radius 1 is 0.912 bits per heavy atom. The highest BCUT2D eigenvalue weighted by Crippen LogP contribution is 2.40. The summed E-state index contributed by atoms with van der Waals surface area (Å²) in [6.45, 7) is 8.55. The number of nitrogens with zero attached hydrogens (tertiary/aromatic N) is 8. The molecule has 4 fully saturated rings. The monoisotopic (exact) mass is 797 g/mol. The Morgan fingerprint density at radius 2 is 1.60 bits per heavy atom. The van der Waals surface area contributed by atoms with E-state index in [0.717, 1.165) is 97.7 Å². The molecule has 4 aliphatic rings. The number of amides is 4. The van der Waals surface area contributed by atoms with E-state index < -0.39 is 34.8 Å². The summed E-state index contributed by atoms with van der Waals surface area (Å²) >= 11 is 5.71. The molecule has 0 spiro atoms. The fraction of sp³-hybridized carbons (Fsp3) is 0.415. The minimum atomic E-state index is -4.77. The second-order valence-corrected chi connectivity index (χ2v) is 16.1. The van der Waals surface area contributed by atoms with Crippen LogP contribution in [0.1, 0.15) is 63.1 Å². The van der Waals surface area contributed by atoms with E-state index in [2.05, 4.69) is 19.8 Å². The van der Waals surface area contributed by atoms with Crippen LogP contribution < -0.4 is 24.9 Å². The molecule has 1 aromatic heterocycles. The van der Waals surface area contributed by atoms with Crippen LogP contribution in [0.3, 0.4) is 0 Å². The van der Waals surface area contributed by atoms with Gasteiger partial charge in [-0.25, -0.2) is 4.79 Å². The normalized spacial score (nSPS) is 20.1. The van der Waals surface area contributed by atoms with Gasteiger partial charge in [0.15, 0.2) is 5.11 Å². The lowest BCUT2D eigenvalue weighted by atomic mass is 9.94. The molecule has 4 saturated heterocycles. The van der Waals surface area contributed by atoms with Gasteiger partial charge < -0.3 is 14.7 Å². The van der Waals surface area contributed by atoms with Gasteiger partial charge in [0, 0.05) is 62.5 Å². The molecule has 3 aromatic carbocycles. The van der Waals surface area contributed by atoms with Crippen molar-refractivity contribution in [3.05, 3.63) is 78.0 Å². The molecule has 0 unspecified atom stereocenters. The first kappa shape index (κ1) is 38.3. The number of alkyl halides is 3. The van der Waals surface area contributed by atoms with Gasteiger partial charge in [-0.2, -0.15) is 23.5 Å². The molecule has 12 nitrogen and oxygen atoms in total. The van der Waals surface area contributed by atoms with Crippen LogP contribution in [0.15, 0.2) is 66.9 Å². The minimum absolute atomic E-state index is 0.0390. The van der Waals surface area contributed by atoms with Gasteiger partial charge in [-0.15, -0.1) is 0 Å². The van der Waals surface area contributed by atoms with E-state index in [1.165, 1.54) is 6.07 Å². The summed E-state index contributed by atoms with van der Waals surface area (Å²) in [6, 6.07) is 18.3. The number of piperidine rings is 2.